The van der Waals surface area contributed by atoms with E-state index in [-0.39, 0.29) is 0 Å². The number of aliphatic carboxylic acids is 4. The minimum absolute atomic E-state index is 0.833. The molecule has 0 heterocycles. The highest BCUT2D eigenvalue weighted by molar-refractivity contribution is 7.79. The molecule has 13 heteroatoms. The van der Waals surface area contributed by atoms with Gasteiger partial charge < -0.3 is 20.4 Å². The van der Waals surface area contributed by atoms with E-state index >= 15 is 0 Å². The fourth-order valence-corrected chi connectivity index (χ4v) is 0. The Morgan fingerprint density at radius 3 is 0.571 bits per heavy atom. The van der Waals surface area contributed by atoms with Crippen molar-refractivity contribution in [3.8, 4) is 0 Å². The molecule has 0 saturated heterocycles. The Morgan fingerprint density at radius 2 is 0.571 bits per heavy atom. The Hall–Kier alpha value is -2.25. The average Bonchev–Trinajstić information content (AvgIpc) is 1.91. The van der Waals surface area contributed by atoms with Crippen LogP contribution in [0.3, 0.4) is 0 Å². The Balaban J connectivity index is -0.0000000510. The van der Waals surface area contributed by atoms with Crippen molar-refractivity contribution in [3.63, 3.8) is 0 Å². The summed E-state index contributed by atoms with van der Waals surface area (Å²) in [6.45, 7) is 4.33. The standard InChI is InChI=1S/4C2H4O2.H2O4S/c4*1-2(3)4;1-5(2,3)4/h4*1H3,(H,3,4);(H2,1,2,3,4). The highest BCUT2D eigenvalue weighted by Gasteiger charge is 1.84. The van der Waals surface area contributed by atoms with Crippen molar-refractivity contribution in [2.24, 2.45) is 0 Å². The Labute approximate surface area is 120 Å². The third-order valence-electron chi connectivity index (χ3n) is 0. The summed E-state index contributed by atoms with van der Waals surface area (Å²) in [6.07, 6.45) is 0. The van der Waals surface area contributed by atoms with Crippen molar-refractivity contribution in [2.75, 3.05) is 0 Å². The van der Waals surface area contributed by atoms with Crippen molar-refractivity contribution < 1.29 is 57.1 Å². The lowest BCUT2D eigenvalue weighted by atomic mass is 10.9. The smallest absolute Gasteiger partial charge is 0.394 e. The van der Waals surface area contributed by atoms with E-state index in [1.54, 1.807) is 0 Å². The van der Waals surface area contributed by atoms with Crippen molar-refractivity contribution in [2.45, 2.75) is 27.7 Å². The summed E-state index contributed by atoms with van der Waals surface area (Å²) in [4.78, 5) is 36.0. The molecule has 0 bridgehead atoms. The fourth-order valence-electron chi connectivity index (χ4n) is 0. The molecule has 0 radical (unpaired) electrons. The van der Waals surface area contributed by atoms with Gasteiger partial charge in [0.1, 0.15) is 0 Å². The zero-order chi connectivity index (χ0) is 18.8. The maximum atomic E-state index is 9.00. The molecule has 0 aromatic carbocycles. The third-order valence-corrected chi connectivity index (χ3v) is 0. The second-order valence-corrected chi connectivity index (χ2v) is 3.42. The molecule has 0 amide bonds. The van der Waals surface area contributed by atoms with Crippen molar-refractivity contribution in [3.05, 3.63) is 0 Å². The molecule has 0 rings (SSSR count). The molecular formula is C8H18O12S. The summed E-state index contributed by atoms with van der Waals surface area (Å²) < 4.78 is 31.6. The van der Waals surface area contributed by atoms with Gasteiger partial charge in [0.2, 0.25) is 0 Å². The molecule has 0 aromatic heterocycles. The molecule has 0 aliphatic carbocycles. The zero-order valence-corrected chi connectivity index (χ0v) is 12.4. The molecule has 0 spiro atoms. The van der Waals surface area contributed by atoms with Gasteiger partial charge in [0.25, 0.3) is 23.9 Å². The largest absolute Gasteiger partial charge is 0.481 e. The molecule has 12 nitrogen and oxygen atoms in total. The van der Waals surface area contributed by atoms with Crippen molar-refractivity contribution in [1.82, 2.24) is 0 Å². The van der Waals surface area contributed by atoms with Gasteiger partial charge in [-0.2, -0.15) is 8.42 Å². The number of carboxylic acid groups (broad SMARTS) is 4. The third kappa shape index (κ3) is 870. The molecule has 0 unspecified atom stereocenters. The number of carbonyl (C=O) groups is 4. The lowest BCUT2D eigenvalue weighted by Crippen LogP contribution is -1.89. The van der Waals surface area contributed by atoms with Gasteiger partial charge in [-0.3, -0.25) is 28.3 Å². The van der Waals surface area contributed by atoms with Gasteiger partial charge >= 0.3 is 10.4 Å². The summed E-state index contributed by atoms with van der Waals surface area (Å²) in [5, 5.41) is 29.7. The van der Waals surface area contributed by atoms with Crippen molar-refractivity contribution in [1.29, 1.82) is 0 Å². The number of carboxylic acids is 4. The lowest BCUT2D eigenvalue weighted by molar-refractivity contribution is -0.135. The summed E-state index contributed by atoms with van der Waals surface area (Å²) >= 11 is 0. The molecular weight excluding hydrogens is 320 g/mol. The van der Waals surface area contributed by atoms with E-state index < -0.39 is 34.3 Å². The van der Waals surface area contributed by atoms with Gasteiger partial charge in [-0.15, -0.1) is 0 Å². The van der Waals surface area contributed by atoms with Crippen LogP contribution in [-0.2, 0) is 29.6 Å². The molecule has 0 fully saturated rings. The van der Waals surface area contributed by atoms with Crippen LogP contribution >= 0.6 is 0 Å². The quantitative estimate of drug-likeness (QED) is 0.313. The first-order valence-corrected chi connectivity index (χ1v) is 5.81. The Bertz CT molecular complexity index is 323. The average molecular weight is 338 g/mol. The van der Waals surface area contributed by atoms with Crippen LogP contribution in [0.1, 0.15) is 27.7 Å². The molecule has 6 N–H and O–H groups in total. The van der Waals surface area contributed by atoms with Crippen LogP contribution in [0, 0.1) is 0 Å². The summed E-state index contributed by atoms with van der Waals surface area (Å²) in [5.41, 5.74) is 0. The zero-order valence-electron chi connectivity index (χ0n) is 11.5. The molecule has 21 heavy (non-hydrogen) atoms. The maximum Gasteiger partial charge on any atom is 0.394 e. The first-order chi connectivity index (χ1) is 8.93. The topological polar surface area (TPSA) is 224 Å². The highest BCUT2D eigenvalue weighted by Crippen LogP contribution is 1.59. The monoisotopic (exact) mass is 338 g/mol. The minimum atomic E-state index is -4.67. The van der Waals surface area contributed by atoms with Gasteiger partial charge in [0.15, 0.2) is 0 Å². The predicted octanol–water partition coefficient (Wildman–Crippen LogP) is -0.289. The number of rotatable bonds is 0. The second-order valence-electron chi connectivity index (χ2n) is 2.52. The van der Waals surface area contributed by atoms with Gasteiger partial charge in [0, 0.05) is 27.7 Å². The molecule has 128 valence electrons. The van der Waals surface area contributed by atoms with Gasteiger partial charge in [-0.1, -0.05) is 0 Å². The van der Waals surface area contributed by atoms with Crippen LogP contribution in [0.5, 0.6) is 0 Å². The summed E-state index contributed by atoms with van der Waals surface area (Å²) in [5.74, 6) is -3.33. The fraction of sp³-hybridized carbons (Fsp3) is 0.500. The van der Waals surface area contributed by atoms with Gasteiger partial charge in [-0.05, 0) is 0 Å². The SMILES string of the molecule is CC(=O)O.CC(=O)O.CC(=O)O.CC(=O)O.O=S(=O)(O)O. The maximum absolute atomic E-state index is 9.00. The van der Waals surface area contributed by atoms with Crippen LogP contribution in [-0.4, -0.2) is 61.8 Å². The van der Waals surface area contributed by atoms with E-state index in [1.807, 2.05) is 0 Å². The Kier molecular flexibility index (Phi) is 29.9. The van der Waals surface area contributed by atoms with Crippen LogP contribution < -0.4 is 0 Å². The molecule has 0 aromatic rings. The summed E-state index contributed by atoms with van der Waals surface area (Å²) in [7, 11) is -4.67. The first-order valence-electron chi connectivity index (χ1n) is 4.41. The molecule has 0 aliphatic heterocycles. The highest BCUT2D eigenvalue weighted by atomic mass is 32.3. The second kappa shape index (κ2) is 20.1. The normalized spacial score (nSPS) is 7.52. The first kappa shape index (κ1) is 31.2. The van der Waals surface area contributed by atoms with E-state index in [0.717, 1.165) is 27.7 Å². The molecule has 0 aliphatic rings. The number of hydrogen-bond donors (Lipinski definition) is 6. The molecule has 0 atom stereocenters. The van der Waals surface area contributed by atoms with E-state index in [1.165, 1.54) is 0 Å². The van der Waals surface area contributed by atoms with E-state index in [4.69, 9.17) is 57.1 Å². The predicted molar refractivity (Wildman–Crippen MR) is 67.4 cm³/mol. The van der Waals surface area contributed by atoms with Crippen LogP contribution in [0.15, 0.2) is 0 Å². The molecule has 0 saturated carbocycles. The number of hydrogen-bond acceptors (Lipinski definition) is 6. The van der Waals surface area contributed by atoms with Crippen LogP contribution in [0.25, 0.3) is 0 Å². The van der Waals surface area contributed by atoms with E-state index in [9.17, 15) is 0 Å². The van der Waals surface area contributed by atoms with Gasteiger partial charge in [0.05, 0.1) is 0 Å². The van der Waals surface area contributed by atoms with Gasteiger partial charge in [-0.25, -0.2) is 0 Å². The van der Waals surface area contributed by atoms with E-state index in [0.29, 0.717) is 0 Å². The van der Waals surface area contributed by atoms with Crippen LogP contribution in [0.4, 0.5) is 0 Å². The van der Waals surface area contributed by atoms with Crippen LogP contribution in [0.2, 0.25) is 0 Å². The van der Waals surface area contributed by atoms with Crippen molar-refractivity contribution >= 4 is 34.3 Å². The van der Waals surface area contributed by atoms with E-state index in [2.05, 4.69) is 0 Å². The lowest BCUT2D eigenvalue weighted by Gasteiger charge is -1.68. The Morgan fingerprint density at radius 1 is 0.571 bits per heavy atom. The minimum Gasteiger partial charge on any atom is -0.481 e. The summed E-state index contributed by atoms with van der Waals surface area (Å²) in [6, 6.07) is 0.